The van der Waals surface area contributed by atoms with E-state index >= 15 is 0 Å². The first-order valence-corrected chi connectivity index (χ1v) is 9.97. The molecule has 0 aliphatic rings. The van der Waals surface area contributed by atoms with E-state index in [9.17, 15) is 13.2 Å². The maximum absolute atomic E-state index is 14.6. The van der Waals surface area contributed by atoms with Gasteiger partial charge in [0.2, 0.25) is 0 Å². The van der Waals surface area contributed by atoms with Crippen LogP contribution in [0.1, 0.15) is 24.5 Å². The Morgan fingerprint density at radius 1 is 0.710 bits per heavy atom. The van der Waals surface area contributed by atoms with E-state index in [0.717, 1.165) is 17.2 Å². The normalized spacial score (nSPS) is 10.6. The van der Waals surface area contributed by atoms with Crippen molar-refractivity contribution in [1.29, 1.82) is 0 Å². The fourth-order valence-electron chi connectivity index (χ4n) is 3.25. The van der Waals surface area contributed by atoms with E-state index in [2.05, 4.69) is 11.8 Å². The van der Waals surface area contributed by atoms with Gasteiger partial charge >= 0.3 is 0 Å². The summed E-state index contributed by atoms with van der Waals surface area (Å²) in [6.45, 7) is 2.63. The van der Waals surface area contributed by atoms with Crippen molar-refractivity contribution in [2.75, 3.05) is 6.61 Å². The molecular weight excluding hydrogens is 397 g/mol. The SMILES string of the molecule is CCCOc1ccc(-c2cc(F)c(C#Cc3ccc4cc(F)ccc4c3)c(F)c2)cc1. The molecule has 0 atom stereocenters. The molecule has 0 aromatic heterocycles. The van der Waals surface area contributed by atoms with Gasteiger partial charge in [-0.05, 0) is 76.9 Å². The highest BCUT2D eigenvalue weighted by Gasteiger charge is 2.11. The number of halogens is 3. The van der Waals surface area contributed by atoms with Gasteiger partial charge in [0.25, 0.3) is 0 Å². The van der Waals surface area contributed by atoms with Crippen LogP contribution in [0.25, 0.3) is 21.9 Å². The van der Waals surface area contributed by atoms with Crippen LogP contribution in [0.5, 0.6) is 5.75 Å². The molecule has 0 unspecified atom stereocenters. The molecule has 0 spiro atoms. The van der Waals surface area contributed by atoms with Gasteiger partial charge in [-0.2, -0.15) is 0 Å². The maximum Gasteiger partial charge on any atom is 0.142 e. The lowest BCUT2D eigenvalue weighted by Gasteiger charge is -2.07. The average Bonchev–Trinajstić information content (AvgIpc) is 2.77. The van der Waals surface area contributed by atoms with E-state index in [4.69, 9.17) is 4.74 Å². The summed E-state index contributed by atoms with van der Waals surface area (Å²) in [5.74, 6) is 4.33. The van der Waals surface area contributed by atoms with Crippen molar-refractivity contribution in [1.82, 2.24) is 0 Å². The molecule has 0 N–H and O–H groups in total. The van der Waals surface area contributed by atoms with Crippen molar-refractivity contribution in [2.45, 2.75) is 13.3 Å². The predicted octanol–water partition coefficient (Wildman–Crippen LogP) is 7.11. The minimum absolute atomic E-state index is 0.286. The van der Waals surface area contributed by atoms with Crippen molar-refractivity contribution < 1.29 is 17.9 Å². The van der Waals surface area contributed by atoms with Crippen LogP contribution in [-0.4, -0.2) is 6.61 Å². The third-order valence-corrected chi connectivity index (χ3v) is 4.84. The third kappa shape index (κ3) is 4.73. The van der Waals surface area contributed by atoms with Crippen molar-refractivity contribution in [3.8, 4) is 28.7 Å². The van der Waals surface area contributed by atoms with Gasteiger partial charge in [0.1, 0.15) is 23.2 Å². The van der Waals surface area contributed by atoms with Crippen molar-refractivity contribution in [2.24, 2.45) is 0 Å². The molecule has 1 nitrogen and oxygen atoms in total. The summed E-state index contributed by atoms with van der Waals surface area (Å²) in [6, 6.07) is 19.3. The van der Waals surface area contributed by atoms with Crippen LogP contribution < -0.4 is 4.74 Å². The van der Waals surface area contributed by atoms with E-state index in [1.807, 2.05) is 6.92 Å². The van der Waals surface area contributed by atoms with Gasteiger partial charge < -0.3 is 4.74 Å². The van der Waals surface area contributed by atoms with Gasteiger partial charge in [-0.25, -0.2) is 13.2 Å². The van der Waals surface area contributed by atoms with E-state index in [0.29, 0.717) is 29.0 Å². The first kappa shape index (κ1) is 20.6. The fraction of sp³-hybridized carbons (Fsp3) is 0.111. The average molecular weight is 416 g/mol. The first-order valence-electron chi connectivity index (χ1n) is 9.97. The highest BCUT2D eigenvalue weighted by atomic mass is 19.1. The zero-order valence-electron chi connectivity index (χ0n) is 16.9. The second kappa shape index (κ2) is 8.97. The topological polar surface area (TPSA) is 9.23 Å². The summed E-state index contributed by atoms with van der Waals surface area (Å²) < 4.78 is 48.1. The van der Waals surface area contributed by atoms with Crippen LogP contribution in [0.3, 0.4) is 0 Å². The Morgan fingerprint density at radius 3 is 2.10 bits per heavy atom. The van der Waals surface area contributed by atoms with Crippen LogP contribution in [0.2, 0.25) is 0 Å². The molecule has 154 valence electrons. The van der Waals surface area contributed by atoms with Gasteiger partial charge in [0.15, 0.2) is 0 Å². The second-order valence-corrected chi connectivity index (χ2v) is 7.14. The van der Waals surface area contributed by atoms with Crippen LogP contribution >= 0.6 is 0 Å². The van der Waals surface area contributed by atoms with Gasteiger partial charge in [0.05, 0.1) is 12.2 Å². The van der Waals surface area contributed by atoms with Crippen molar-refractivity contribution in [3.05, 3.63) is 101 Å². The second-order valence-electron chi connectivity index (χ2n) is 7.14. The molecule has 0 saturated heterocycles. The molecule has 4 aromatic rings. The minimum atomic E-state index is -0.725. The van der Waals surface area contributed by atoms with Gasteiger partial charge in [-0.15, -0.1) is 0 Å². The molecule has 0 aliphatic carbocycles. The van der Waals surface area contributed by atoms with Gasteiger partial charge in [-0.1, -0.05) is 43.0 Å². The Balaban J connectivity index is 1.60. The largest absolute Gasteiger partial charge is 0.494 e. The number of hydrogen-bond acceptors (Lipinski definition) is 1. The molecule has 0 bridgehead atoms. The van der Waals surface area contributed by atoms with Crippen molar-refractivity contribution in [3.63, 3.8) is 0 Å². The maximum atomic E-state index is 14.6. The summed E-state index contributed by atoms with van der Waals surface area (Å²) in [6.07, 6.45) is 0.901. The van der Waals surface area contributed by atoms with Crippen LogP contribution in [0, 0.1) is 29.3 Å². The molecule has 0 radical (unpaired) electrons. The molecule has 4 heteroatoms. The van der Waals surface area contributed by atoms with Crippen LogP contribution in [0.4, 0.5) is 13.2 Å². The fourth-order valence-corrected chi connectivity index (χ4v) is 3.25. The zero-order valence-corrected chi connectivity index (χ0v) is 16.9. The molecule has 0 heterocycles. The van der Waals surface area contributed by atoms with Crippen LogP contribution in [0.15, 0.2) is 72.8 Å². The quantitative estimate of drug-likeness (QED) is 0.322. The predicted molar refractivity (Wildman–Crippen MR) is 117 cm³/mol. The Morgan fingerprint density at radius 2 is 1.39 bits per heavy atom. The molecule has 4 rings (SSSR count). The summed E-state index contributed by atoms with van der Waals surface area (Å²) in [7, 11) is 0. The molecule has 0 aliphatic heterocycles. The molecule has 0 fully saturated rings. The Labute approximate surface area is 179 Å². The Kier molecular flexibility index (Phi) is 5.95. The summed E-state index contributed by atoms with van der Waals surface area (Å²) >= 11 is 0. The van der Waals surface area contributed by atoms with E-state index < -0.39 is 11.6 Å². The number of benzene rings is 4. The van der Waals surface area contributed by atoms with E-state index in [-0.39, 0.29) is 11.4 Å². The highest BCUT2D eigenvalue weighted by molar-refractivity contribution is 5.84. The highest BCUT2D eigenvalue weighted by Crippen LogP contribution is 2.26. The lowest BCUT2D eigenvalue weighted by molar-refractivity contribution is 0.317. The summed E-state index contributed by atoms with van der Waals surface area (Å²) in [4.78, 5) is 0. The van der Waals surface area contributed by atoms with E-state index in [1.165, 1.54) is 24.3 Å². The number of fused-ring (bicyclic) bond motifs is 1. The molecule has 31 heavy (non-hydrogen) atoms. The Bertz CT molecular complexity index is 1270. The Hall–Kier alpha value is -3.71. The monoisotopic (exact) mass is 416 g/mol. The smallest absolute Gasteiger partial charge is 0.142 e. The summed E-state index contributed by atoms with van der Waals surface area (Å²) in [5, 5.41) is 1.54. The van der Waals surface area contributed by atoms with Gasteiger partial charge in [-0.3, -0.25) is 0 Å². The lowest BCUT2D eigenvalue weighted by Crippen LogP contribution is -1.95. The molecule has 0 amide bonds. The number of rotatable bonds is 4. The third-order valence-electron chi connectivity index (χ3n) is 4.84. The molecule has 4 aromatic carbocycles. The summed E-state index contributed by atoms with van der Waals surface area (Å²) in [5.41, 5.74) is 1.41. The van der Waals surface area contributed by atoms with E-state index in [1.54, 1.807) is 48.5 Å². The van der Waals surface area contributed by atoms with Crippen molar-refractivity contribution >= 4 is 10.8 Å². The first-order chi connectivity index (χ1) is 15.0. The number of ether oxygens (including phenoxy) is 1. The standard InChI is InChI=1S/C27H19F3O/c1-2-13-31-24-10-7-19(8-11-24)22-16-26(29)25(27(30)17-22)12-4-18-3-5-21-15-23(28)9-6-20(21)14-18/h3,5-11,14-17H,2,13H2,1H3. The number of hydrogen-bond donors (Lipinski definition) is 0. The molecule has 0 saturated carbocycles. The minimum Gasteiger partial charge on any atom is -0.494 e. The molecular formula is C27H19F3O. The van der Waals surface area contributed by atoms with Crippen LogP contribution in [-0.2, 0) is 0 Å². The van der Waals surface area contributed by atoms with Gasteiger partial charge in [0, 0.05) is 5.56 Å². The zero-order chi connectivity index (χ0) is 21.8. The lowest BCUT2D eigenvalue weighted by atomic mass is 10.0.